The van der Waals surface area contributed by atoms with Crippen LogP contribution in [-0.2, 0) is 19.1 Å². The molecule has 1 amide bonds. The van der Waals surface area contributed by atoms with Crippen molar-refractivity contribution in [3.05, 3.63) is 58.7 Å². The van der Waals surface area contributed by atoms with Gasteiger partial charge in [-0.3, -0.25) is 9.59 Å². The quantitative estimate of drug-likeness (QED) is 0.400. The number of hydrogen-bond donors (Lipinski definition) is 2. The minimum Gasteiger partial charge on any atom is -0.480 e. The van der Waals surface area contributed by atoms with Crippen molar-refractivity contribution < 1.29 is 24.2 Å². The van der Waals surface area contributed by atoms with E-state index < -0.39 is 24.4 Å². The first kappa shape index (κ1) is 22.1. The van der Waals surface area contributed by atoms with Crippen molar-refractivity contribution in [2.24, 2.45) is 0 Å². The number of hydrogen-bond acceptors (Lipinski definition) is 4. The first-order valence-corrected chi connectivity index (χ1v) is 7.67. The third kappa shape index (κ3) is 9.76. The number of carboxylic acid groups (broad SMARTS) is 1. The molecule has 0 bridgehead atoms. The van der Waals surface area contributed by atoms with Crippen LogP contribution in [0.15, 0.2) is 58.7 Å². The third-order valence-electron chi connectivity index (χ3n) is 3.03. The molecule has 0 aliphatic rings. The lowest BCUT2D eigenvalue weighted by atomic mass is 10.1. The van der Waals surface area contributed by atoms with Crippen LogP contribution in [0.5, 0.6) is 0 Å². The zero-order valence-electron chi connectivity index (χ0n) is 15.3. The number of rotatable bonds is 8. The lowest BCUT2D eigenvalue weighted by Crippen LogP contribution is -2.29. The Hall–Kier alpha value is -2.89. The molecule has 136 valence electrons. The Bertz CT molecular complexity index is 663. The summed E-state index contributed by atoms with van der Waals surface area (Å²) in [5.41, 5.74) is 2.67. The van der Waals surface area contributed by atoms with Gasteiger partial charge in [0.15, 0.2) is 0 Å². The van der Waals surface area contributed by atoms with Crippen molar-refractivity contribution >= 4 is 17.8 Å². The molecule has 0 fully saturated rings. The summed E-state index contributed by atoms with van der Waals surface area (Å²) in [7, 11) is 1.33. The molecule has 0 radical (unpaired) electrons. The van der Waals surface area contributed by atoms with Crippen LogP contribution < -0.4 is 5.32 Å². The number of nitrogens with one attached hydrogen (secondary N) is 1. The summed E-state index contributed by atoms with van der Waals surface area (Å²) in [6.07, 6.45) is 10.4. The molecule has 0 aromatic rings. The fourth-order valence-corrected chi connectivity index (χ4v) is 1.79. The Balaban J connectivity index is 4.93. The summed E-state index contributed by atoms with van der Waals surface area (Å²) in [4.78, 5) is 33.5. The van der Waals surface area contributed by atoms with Crippen LogP contribution in [0.1, 0.15) is 27.7 Å². The molecule has 0 saturated carbocycles. The van der Waals surface area contributed by atoms with Gasteiger partial charge >= 0.3 is 11.9 Å². The normalized spacial score (nSPS) is 13.8. The highest BCUT2D eigenvalue weighted by molar-refractivity contribution is 5.94. The summed E-state index contributed by atoms with van der Waals surface area (Å²) < 4.78 is 4.69. The van der Waals surface area contributed by atoms with Gasteiger partial charge in [0.05, 0.1) is 12.7 Å². The van der Waals surface area contributed by atoms with Gasteiger partial charge in [0.2, 0.25) is 5.91 Å². The van der Waals surface area contributed by atoms with E-state index in [9.17, 15) is 14.4 Å². The third-order valence-corrected chi connectivity index (χ3v) is 3.03. The second-order valence-corrected chi connectivity index (χ2v) is 5.30. The van der Waals surface area contributed by atoms with E-state index in [0.29, 0.717) is 11.1 Å². The zero-order chi connectivity index (χ0) is 19.4. The van der Waals surface area contributed by atoms with E-state index in [4.69, 9.17) is 5.11 Å². The molecule has 6 heteroatoms. The van der Waals surface area contributed by atoms with Gasteiger partial charge in [-0.25, -0.2) is 4.79 Å². The Morgan fingerprint density at radius 2 is 1.72 bits per heavy atom. The Labute approximate surface area is 148 Å². The average Bonchev–Trinajstić information content (AvgIpc) is 2.56. The number of allylic oxidation sites excluding steroid dienone is 7. The highest BCUT2D eigenvalue weighted by Crippen LogP contribution is 2.09. The molecule has 0 heterocycles. The number of methoxy groups -OCH3 is 1. The molecule has 0 aromatic carbocycles. The standard InChI is InChI=1S/C19H25NO5/c1-6-16(19(24)25-5)11-14(3)10-13(2)8-7-9-15(4)18(23)20-12-17(21)22/h6-11H,12H2,1-5H3,(H,20,23)(H,21,22)/b8-7+,13-10+,14-11+,15-9+,16-6-. The van der Waals surface area contributed by atoms with E-state index >= 15 is 0 Å². The first-order chi connectivity index (χ1) is 11.7. The van der Waals surface area contributed by atoms with Crippen LogP contribution in [0.25, 0.3) is 0 Å². The maximum atomic E-state index is 11.6. The molecule has 0 unspecified atom stereocenters. The minimum absolute atomic E-state index is 0.394. The number of esters is 1. The second kappa shape index (κ2) is 11.6. The molecule has 0 atom stereocenters. The molecular weight excluding hydrogens is 322 g/mol. The molecule has 6 nitrogen and oxygen atoms in total. The topological polar surface area (TPSA) is 92.7 Å². The van der Waals surface area contributed by atoms with E-state index in [1.165, 1.54) is 7.11 Å². The monoisotopic (exact) mass is 347 g/mol. The van der Waals surface area contributed by atoms with Crippen LogP contribution in [-0.4, -0.2) is 36.6 Å². The molecule has 0 aliphatic heterocycles. The van der Waals surface area contributed by atoms with E-state index in [-0.39, 0.29) is 0 Å². The molecule has 0 spiro atoms. The van der Waals surface area contributed by atoms with Crippen LogP contribution in [0, 0.1) is 0 Å². The first-order valence-electron chi connectivity index (χ1n) is 7.67. The van der Waals surface area contributed by atoms with Gasteiger partial charge in [0.1, 0.15) is 6.54 Å². The molecule has 25 heavy (non-hydrogen) atoms. The van der Waals surface area contributed by atoms with Gasteiger partial charge in [-0.2, -0.15) is 0 Å². The number of aliphatic carboxylic acids is 1. The number of carbonyl (C=O) groups excluding carboxylic acids is 2. The van der Waals surface area contributed by atoms with Crippen molar-refractivity contribution in [2.75, 3.05) is 13.7 Å². The van der Waals surface area contributed by atoms with E-state index in [1.807, 2.05) is 19.9 Å². The maximum absolute atomic E-state index is 11.6. The van der Waals surface area contributed by atoms with Gasteiger partial charge < -0.3 is 15.2 Å². The molecular formula is C19H25NO5. The van der Waals surface area contributed by atoms with Gasteiger partial charge in [-0.15, -0.1) is 0 Å². The fourth-order valence-electron chi connectivity index (χ4n) is 1.79. The summed E-state index contributed by atoms with van der Waals surface area (Å²) in [5, 5.41) is 10.8. The van der Waals surface area contributed by atoms with E-state index in [0.717, 1.165) is 11.1 Å². The predicted octanol–water partition coefficient (Wildman–Crippen LogP) is 2.70. The maximum Gasteiger partial charge on any atom is 0.337 e. The SMILES string of the molecule is C/C=C(/C=C(C)/C=C(C)/C=C/C=C(\C)C(=O)NCC(=O)O)C(=O)OC. The van der Waals surface area contributed by atoms with E-state index in [1.54, 1.807) is 44.2 Å². The van der Waals surface area contributed by atoms with Crippen molar-refractivity contribution in [2.45, 2.75) is 27.7 Å². The molecule has 0 aromatic heterocycles. The Kier molecular flexibility index (Phi) is 10.3. The molecule has 0 rings (SSSR count). The number of amides is 1. The van der Waals surface area contributed by atoms with Gasteiger partial charge in [-0.1, -0.05) is 41.5 Å². The van der Waals surface area contributed by atoms with Crippen LogP contribution in [0.4, 0.5) is 0 Å². The summed E-state index contributed by atoms with van der Waals surface area (Å²) >= 11 is 0. The number of carboxylic acids is 1. The average molecular weight is 347 g/mol. The zero-order valence-corrected chi connectivity index (χ0v) is 15.3. The summed E-state index contributed by atoms with van der Waals surface area (Å²) in [5.74, 6) is -1.92. The largest absolute Gasteiger partial charge is 0.480 e. The van der Waals surface area contributed by atoms with Crippen molar-refractivity contribution in [3.63, 3.8) is 0 Å². The van der Waals surface area contributed by atoms with Crippen molar-refractivity contribution in [1.29, 1.82) is 0 Å². The number of ether oxygens (including phenoxy) is 1. The number of carbonyl (C=O) groups is 3. The Morgan fingerprint density at radius 1 is 1.08 bits per heavy atom. The highest BCUT2D eigenvalue weighted by atomic mass is 16.5. The summed E-state index contributed by atoms with van der Waals surface area (Å²) in [6.45, 7) is 6.69. The van der Waals surface area contributed by atoms with Crippen molar-refractivity contribution in [1.82, 2.24) is 5.32 Å². The van der Waals surface area contributed by atoms with Crippen LogP contribution in [0.2, 0.25) is 0 Å². The van der Waals surface area contributed by atoms with E-state index in [2.05, 4.69) is 10.1 Å². The van der Waals surface area contributed by atoms with Crippen LogP contribution in [0.3, 0.4) is 0 Å². The minimum atomic E-state index is -1.09. The molecule has 2 N–H and O–H groups in total. The molecule has 0 saturated heterocycles. The molecule has 0 aliphatic carbocycles. The predicted molar refractivity (Wildman–Crippen MR) is 96.8 cm³/mol. The lowest BCUT2D eigenvalue weighted by Gasteiger charge is -2.01. The highest BCUT2D eigenvalue weighted by Gasteiger charge is 2.05. The smallest absolute Gasteiger partial charge is 0.337 e. The Morgan fingerprint density at radius 3 is 2.24 bits per heavy atom. The lowest BCUT2D eigenvalue weighted by molar-refractivity contribution is -0.137. The van der Waals surface area contributed by atoms with Crippen molar-refractivity contribution in [3.8, 4) is 0 Å². The fraction of sp³-hybridized carbons (Fsp3) is 0.316. The van der Waals surface area contributed by atoms with Gasteiger partial charge in [0, 0.05) is 5.57 Å². The van der Waals surface area contributed by atoms with Gasteiger partial charge in [0.25, 0.3) is 0 Å². The summed E-state index contributed by atoms with van der Waals surface area (Å²) in [6, 6.07) is 0. The second-order valence-electron chi connectivity index (χ2n) is 5.30. The van der Waals surface area contributed by atoms with Gasteiger partial charge in [-0.05, 0) is 33.8 Å². The van der Waals surface area contributed by atoms with Crippen LogP contribution >= 0.6 is 0 Å².